The molecule has 2 heterocycles. The van der Waals surface area contributed by atoms with Gasteiger partial charge in [-0.15, -0.1) is 0 Å². The molecular formula is C9H13N3OS. The van der Waals surface area contributed by atoms with E-state index in [1.54, 1.807) is 6.08 Å². The van der Waals surface area contributed by atoms with Gasteiger partial charge in [-0.2, -0.15) is 16.7 Å². The first-order valence-electron chi connectivity index (χ1n) is 4.55. The lowest BCUT2D eigenvalue weighted by molar-refractivity contribution is 0.257. The molecule has 1 atom stereocenters. The van der Waals surface area contributed by atoms with Crippen molar-refractivity contribution in [2.75, 3.05) is 25.1 Å². The van der Waals surface area contributed by atoms with Gasteiger partial charge in [0.2, 0.25) is 5.89 Å². The molecule has 1 aliphatic rings. The summed E-state index contributed by atoms with van der Waals surface area (Å²) >= 11 is 1.93. The molecule has 1 unspecified atom stereocenters. The van der Waals surface area contributed by atoms with Crippen molar-refractivity contribution in [1.82, 2.24) is 15.0 Å². The summed E-state index contributed by atoms with van der Waals surface area (Å²) in [5, 5.41) is 3.95. The fourth-order valence-corrected chi connectivity index (χ4v) is 2.63. The molecule has 0 aromatic carbocycles. The second kappa shape index (κ2) is 4.14. The Morgan fingerprint density at radius 1 is 1.71 bits per heavy atom. The van der Waals surface area contributed by atoms with E-state index in [9.17, 15) is 0 Å². The lowest BCUT2D eigenvalue weighted by Gasteiger charge is -2.29. The maximum Gasteiger partial charge on any atom is 0.250 e. The molecule has 0 spiro atoms. The van der Waals surface area contributed by atoms with Crippen LogP contribution >= 0.6 is 11.8 Å². The standard InChI is InChI=1S/C9H13N3OS/c1-3-8-10-9(11-13-8)7-6-14-5-4-12(7)2/h3,7H,1,4-6H2,2H3. The number of hydrogen-bond donors (Lipinski definition) is 0. The molecule has 0 aliphatic carbocycles. The van der Waals surface area contributed by atoms with E-state index in [0.717, 1.165) is 18.1 Å². The summed E-state index contributed by atoms with van der Waals surface area (Å²) in [5.41, 5.74) is 0. The summed E-state index contributed by atoms with van der Waals surface area (Å²) in [4.78, 5) is 6.51. The first-order valence-corrected chi connectivity index (χ1v) is 5.71. The van der Waals surface area contributed by atoms with Crippen molar-refractivity contribution in [3.05, 3.63) is 18.3 Å². The zero-order valence-corrected chi connectivity index (χ0v) is 8.96. The Morgan fingerprint density at radius 2 is 2.57 bits per heavy atom. The molecule has 1 aromatic heterocycles. The van der Waals surface area contributed by atoms with E-state index in [-0.39, 0.29) is 6.04 Å². The first-order chi connectivity index (χ1) is 6.81. The van der Waals surface area contributed by atoms with Crippen LogP contribution in [0.3, 0.4) is 0 Å². The number of nitrogens with zero attached hydrogens (tertiary/aromatic N) is 3. The van der Waals surface area contributed by atoms with Gasteiger partial charge in [0.1, 0.15) is 0 Å². The SMILES string of the molecule is C=Cc1nc(C2CSCCN2C)no1. The fourth-order valence-electron chi connectivity index (χ4n) is 1.42. The fraction of sp³-hybridized carbons (Fsp3) is 0.556. The first kappa shape index (κ1) is 9.73. The Bertz CT molecular complexity index is 326. The monoisotopic (exact) mass is 211 g/mol. The third-order valence-corrected chi connectivity index (χ3v) is 3.35. The number of aromatic nitrogens is 2. The highest BCUT2D eigenvalue weighted by Crippen LogP contribution is 2.26. The lowest BCUT2D eigenvalue weighted by atomic mass is 10.3. The predicted octanol–water partition coefficient (Wildman–Crippen LogP) is 1.43. The second-order valence-electron chi connectivity index (χ2n) is 3.27. The zero-order chi connectivity index (χ0) is 9.97. The van der Waals surface area contributed by atoms with Crippen molar-refractivity contribution in [1.29, 1.82) is 0 Å². The van der Waals surface area contributed by atoms with Crippen LogP contribution in [0.4, 0.5) is 0 Å². The Morgan fingerprint density at radius 3 is 3.21 bits per heavy atom. The smallest absolute Gasteiger partial charge is 0.250 e. The summed E-state index contributed by atoms with van der Waals surface area (Å²) in [6.45, 7) is 4.67. The molecule has 4 nitrogen and oxygen atoms in total. The van der Waals surface area contributed by atoms with Crippen LogP contribution in [0.25, 0.3) is 6.08 Å². The number of hydrogen-bond acceptors (Lipinski definition) is 5. The molecule has 1 aliphatic heterocycles. The Labute approximate surface area is 87.4 Å². The highest BCUT2D eigenvalue weighted by molar-refractivity contribution is 7.99. The van der Waals surface area contributed by atoms with E-state index < -0.39 is 0 Å². The van der Waals surface area contributed by atoms with Crippen LogP contribution in [-0.2, 0) is 0 Å². The second-order valence-corrected chi connectivity index (χ2v) is 4.42. The van der Waals surface area contributed by atoms with Gasteiger partial charge in [0, 0.05) is 18.1 Å². The van der Waals surface area contributed by atoms with Gasteiger partial charge < -0.3 is 4.52 Å². The normalized spacial score (nSPS) is 23.6. The quantitative estimate of drug-likeness (QED) is 0.740. The molecule has 0 radical (unpaired) electrons. The minimum atomic E-state index is 0.284. The maximum atomic E-state index is 5.00. The van der Waals surface area contributed by atoms with Gasteiger partial charge in [0.25, 0.3) is 0 Å². The van der Waals surface area contributed by atoms with Crippen LogP contribution in [0.1, 0.15) is 17.8 Å². The molecule has 0 amide bonds. The third-order valence-electron chi connectivity index (χ3n) is 2.33. The minimum absolute atomic E-state index is 0.284. The van der Waals surface area contributed by atoms with Crippen LogP contribution in [0.2, 0.25) is 0 Å². The topological polar surface area (TPSA) is 42.2 Å². The number of thioether (sulfide) groups is 1. The molecule has 5 heteroatoms. The van der Waals surface area contributed by atoms with Gasteiger partial charge in [-0.25, -0.2) is 0 Å². The van der Waals surface area contributed by atoms with E-state index in [1.807, 2.05) is 11.8 Å². The van der Waals surface area contributed by atoms with Gasteiger partial charge in [0.15, 0.2) is 5.82 Å². The van der Waals surface area contributed by atoms with E-state index in [1.165, 1.54) is 5.75 Å². The van der Waals surface area contributed by atoms with Crippen molar-refractivity contribution >= 4 is 17.8 Å². The Balaban J connectivity index is 2.16. The highest BCUT2D eigenvalue weighted by atomic mass is 32.2. The van der Waals surface area contributed by atoms with Crippen molar-refractivity contribution < 1.29 is 4.52 Å². The van der Waals surface area contributed by atoms with E-state index in [4.69, 9.17) is 4.52 Å². The average molecular weight is 211 g/mol. The van der Waals surface area contributed by atoms with Crippen LogP contribution in [-0.4, -0.2) is 40.1 Å². The van der Waals surface area contributed by atoms with Crippen LogP contribution in [0, 0.1) is 0 Å². The van der Waals surface area contributed by atoms with Gasteiger partial charge in [-0.05, 0) is 13.1 Å². The van der Waals surface area contributed by atoms with Crippen LogP contribution in [0.15, 0.2) is 11.1 Å². The zero-order valence-electron chi connectivity index (χ0n) is 8.14. The minimum Gasteiger partial charge on any atom is -0.335 e. The van der Waals surface area contributed by atoms with Gasteiger partial charge in [-0.1, -0.05) is 11.7 Å². The third kappa shape index (κ3) is 1.83. The molecule has 0 N–H and O–H groups in total. The lowest BCUT2D eigenvalue weighted by Crippen LogP contribution is -2.33. The molecule has 0 saturated carbocycles. The number of rotatable bonds is 2. The molecular weight excluding hydrogens is 198 g/mol. The van der Waals surface area contributed by atoms with Crippen molar-refractivity contribution in [2.24, 2.45) is 0 Å². The molecule has 1 fully saturated rings. The largest absolute Gasteiger partial charge is 0.335 e. The summed E-state index contributed by atoms with van der Waals surface area (Å²) in [5.74, 6) is 3.49. The summed E-state index contributed by atoms with van der Waals surface area (Å²) in [7, 11) is 2.09. The molecule has 14 heavy (non-hydrogen) atoms. The molecule has 1 aromatic rings. The summed E-state index contributed by atoms with van der Waals surface area (Å²) in [6, 6.07) is 0.284. The Hall–Kier alpha value is -0.810. The highest BCUT2D eigenvalue weighted by Gasteiger charge is 2.25. The molecule has 2 rings (SSSR count). The molecule has 0 bridgehead atoms. The van der Waals surface area contributed by atoms with Gasteiger partial charge >= 0.3 is 0 Å². The van der Waals surface area contributed by atoms with Crippen LogP contribution < -0.4 is 0 Å². The summed E-state index contributed by atoms with van der Waals surface area (Å²) < 4.78 is 5.00. The molecule has 1 saturated heterocycles. The molecule has 76 valence electrons. The van der Waals surface area contributed by atoms with E-state index in [0.29, 0.717) is 5.89 Å². The summed E-state index contributed by atoms with van der Waals surface area (Å²) in [6.07, 6.45) is 1.58. The van der Waals surface area contributed by atoms with Gasteiger partial charge in [-0.3, -0.25) is 4.90 Å². The van der Waals surface area contributed by atoms with Crippen molar-refractivity contribution in [3.8, 4) is 0 Å². The van der Waals surface area contributed by atoms with Gasteiger partial charge in [0.05, 0.1) is 6.04 Å². The van der Waals surface area contributed by atoms with Crippen molar-refractivity contribution in [2.45, 2.75) is 6.04 Å². The predicted molar refractivity (Wildman–Crippen MR) is 57.1 cm³/mol. The van der Waals surface area contributed by atoms with Crippen LogP contribution in [0.5, 0.6) is 0 Å². The van der Waals surface area contributed by atoms with Crippen molar-refractivity contribution in [3.63, 3.8) is 0 Å². The Kier molecular flexibility index (Phi) is 2.88. The average Bonchev–Trinajstić information content (AvgIpc) is 2.67. The maximum absolute atomic E-state index is 5.00. The van der Waals surface area contributed by atoms with E-state index in [2.05, 4.69) is 28.7 Å². The van der Waals surface area contributed by atoms with E-state index >= 15 is 0 Å².